The fraction of sp³-hybridized carbons (Fsp3) is 0.692. The van der Waals surface area contributed by atoms with E-state index in [0.29, 0.717) is 6.04 Å². The van der Waals surface area contributed by atoms with Gasteiger partial charge in [0.15, 0.2) is 0 Å². The fourth-order valence-electron chi connectivity index (χ4n) is 1.81. The van der Waals surface area contributed by atoms with Gasteiger partial charge in [-0.2, -0.15) is 0 Å². The molecule has 16 heavy (non-hydrogen) atoms. The molecule has 92 valence electrons. The van der Waals surface area contributed by atoms with Crippen molar-refractivity contribution in [3.05, 3.63) is 21.9 Å². The van der Waals surface area contributed by atoms with E-state index < -0.39 is 0 Å². The number of nitrogens with zero attached hydrogens (tertiary/aromatic N) is 1. The molecule has 0 aliphatic heterocycles. The monoisotopic (exact) mass is 240 g/mol. The molecule has 1 N–H and O–H groups in total. The minimum Gasteiger partial charge on any atom is -0.315 e. The predicted octanol–water partition coefficient (Wildman–Crippen LogP) is 3.09. The number of hydrogen-bond donors (Lipinski definition) is 1. The highest BCUT2D eigenvalue weighted by Crippen LogP contribution is 2.19. The Morgan fingerprint density at radius 2 is 2.00 bits per heavy atom. The SMILES string of the molecule is CCC(C)N(CC)Cc1ccc(CNC)s1. The van der Waals surface area contributed by atoms with Crippen molar-refractivity contribution < 1.29 is 0 Å². The van der Waals surface area contributed by atoms with Gasteiger partial charge < -0.3 is 5.32 Å². The lowest BCUT2D eigenvalue weighted by Crippen LogP contribution is -2.31. The summed E-state index contributed by atoms with van der Waals surface area (Å²) in [6.45, 7) is 10.0. The quantitative estimate of drug-likeness (QED) is 0.788. The van der Waals surface area contributed by atoms with Crippen molar-refractivity contribution in [1.82, 2.24) is 10.2 Å². The van der Waals surface area contributed by atoms with Crippen LogP contribution in [0.5, 0.6) is 0 Å². The van der Waals surface area contributed by atoms with E-state index in [9.17, 15) is 0 Å². The van der Waals surface area contributed by atoms with Crippen LogP contribution in [0.15, 0.2) is 12.1 Å². The summed E-state index contributed by atoms with van der Waals surface area (Å²) in [5.41, 5.74) is 0. The molecule has 1 aromatic heterocycles. The van der Waals surface area contributed by atoms with Crippen LogP contribution in [-0.2, 0) is 13.1 Å². The van der Waals surface area contributed by atoms with Crippen LogP contribution < -0.4 is 5.32 Å². The van der Waals surface area contributed by atoms with Crippen molar-refractivity contribution in [3.8, 4) is 0 Å². The third kappa shape index (κ3) is 3.89. The van der Waals surface area contributed by atoms with E-state index in [-0.39, 0.29) is 0 Å². The Bertz CT molecular complexity index is 296. The summed E-state index contributed by atoms with van der Waals surface area (Å²) in [4.78, 5) is 5.44. The second-order valence-electron chi connectivity index (χ2n) is 4.22. The van der Waals surface area contributed by atoms with Gasteiger partial charge in [-0.05, 0) is 39.1 Å². The molecule has 0 radical (unpaired) electrons. The van der Waals surface area contributed by atoms with Gasteiger partial charge >= 0.3 is 0 Å². The second kappa shape index (κ2) is 7.05. The zero-order chi connectivity index (χ0) is 12.0. The molecule has 1 rings (SSSR count). The smallest absolute Gasteiger partial charge is 0.0330 e. The molecule has 1 unspecified atom stereocenters. The Hall–Kier alpha value is -0.380. The van der Waals surface area contributed by atoms with Gasteiger partial charge in [0.25, 0.3) is 0 Å². The summed E-state index contributed by atoms with van der Waals surface area (Å²) in [6.07, 6.45) is 1.22. The maximum Gasteiger partial charge on any atom is 0.0330 e. The molecule has 0 saturated carbocycles. The number of thiophene rings is 1. The maximum atomic E-state index is 3.20. The Balaban J connectivity index is 2.56. The molecule has 1 aromatic rings. The van der Waals surface area contributed by atoms with Crippen LogP contribution in [0.1, 0.15) is 36.9 Å². The maximum absolute atomic E-state index is 3.20. The Morgan fingerprint density at radius 3 is 2.56 bits per heavy atom. The van der Waals surface area contributed by atoms with E-state index in [1.807, 2.05) is 18.4 Å². The molecule has 0 bridgehead atoms. The molecule has 0 aliphatic rings. The zero-order valence-electron chi connectivity index (χ0n) is 10.9. The molecule has 0 spiro atoms. The van der Waals surface area contributed by atoms with Crippen molar-refractivity contribution in [2.45, 2.75) is 46.3 Å². The highest BCUT2D eigenvalue weighted by molar-refractivity contribution is 7.11. The Morgan fingerprint density at radius 1 is 1.31 bits per heavy atom. The van der Waals surface area contributed by atoms with Gasteiger partial charge in [-0.25, -0.2) is 0 Å². The van der Waals surface area contributed by atoms with Gasteiger partial charge in [-0.3, -0.25) is 4.90 Å². The number of hydrogen-bond acceptors (Lipinski definition) is 3. The van der Waals surface area contributed by atoms with Crippen LogP contribution in [-0.4, -0.2) is 24.5 Å². The first-order valence-corrected chi connectivity index (χ1v) is 6.99. The Labute approximate surface area is 104 Å². The Kier molecular flexibility index (Phi) is 6.03. The summed E-state index contributed by atoms with van der Waals surface area (Å²) in [5, 5.41) is 3.20. The molecule has 0 aliphatic carbocycles. The second-order valence-corrected chi connectivity index (χ2v) is 5.47. The van der Waals surface area contributed by atoms with Crippen molar-refractivity contribution in [3.63, 3.8) is 0 Å². The lowest BCUT2D eigenvalue weighted by Gasteiger charge is -2.26. The molecular weight excluding hydrogens is 216 g/mol. The molecule has 2 nitrogen and oxygen atoms in total. The van der Waals surface area contributed by atoms with E-state index in [1.54, 1.807) is 0 Å². The van der Waals surface area contributed by atoms with E-state index in [0.717, 1.165) is 19.6 Å². The number of nitrogens with one attached hydrogen (secondary N) is 1. The fourth-order valence-corrected chi connectivity index (χ4v) is 2.87. The first-order valence-electron chi connectivity index (χ1n) is 6.17. The van der Waals surface area contributed by atoms with Crippen LogP contribution in [0.3, 0.4) is 0 Å². The van der Waals surface area contributed by atoms with Gasteiger partial charge in [0, 0.05) is 28.9 Å². The van der Waals surface area contributed by atoms with E-state index in [2.05, 4.69) is 43.1 Å². The topological polar surface area (TPSA) is 15.3 Å². The van der Waals surface area contributed by atoms with Gasteiger partial charge in [0.1, 0.15) is 0 Å². The first-order chi connectivity index (χ1) is 7.71. The van der Waals surface area contributed by atoms with Crippen molar-refractivity contribution in [1.29, 1.82) is 0 Å². The zero-order valence-corrected chi connectivity index (χ0v) is 11.7. The summed E-state index contributed by atoms with van der Waals surface area (Å²) in [7, 11) is 2.00. The highest BCUT2D eigenvalue weighted by atomic mass is 32.1. The van der Waals surface area contributed by atoms with Crippen LogP contribution in [0, 0.1) is 0 Å². The normalized spacial score (nSPS) is 13.3. The van der Waals surface area contributed by atoms with Crippen LogP contribution in [0.4, 0.5) is 0 Å². The molecule has 3 heteroatoms. The van der Waals surface area contributed by atoms with E-state index in [1.165, 1.54) is 16.2 Å². The lowest BCUT2D eigenvalue weighted by molar-refractivity contribution is 0.208. The average molecular weight is 240 g/mol. The van der Waals surface area contributed by atoms with Gasteiger partial charge in [-0.15, -0.1) is 11.3 Å². The average Bonchev–Trinajstić information content (AvgIpc) is 2.73. The molecular formula is C13H24N2S. The summed E-state index contributed by atoms with van der Waals surface area (Å²) in [6, 6.07) is 5.18. The minimum atomic E-state index is 0.680. The van der Waals surface area contributed by atoms with Crippen molar-refractivity contribution in [2.24, 2.45) is 0 Å². The van der Waals surface area contributed by atoms with Crippen molar-refractivity contribution in [2.75, 3.05) is 13.6 Å². The van der Waals surface area contributed by atoms with E-state index >= 15 is 0 Å². The molecule has 1 atom stereocenters. The molecule has 0 amide bonds. The standard InChI is InChI=1S/C13H24N2S/c1-5-11(3)15(6-2)10-13-8-7-12(16-13)9-14-4/h7-8,11,14H,5-6,9-10H2,1-4H3. The van der Waals surface area contributed by atoms with Crippen LogP contribution >= 0.6 is 11.3 Å². The first kappa shape index (κ1) is 13.7. The van der Waals surface area contributed by atoms with Gasteiger partial charge in [0.2, 0.25) is 0 Å². The van der Waals surface area contributed by atoms with Gasteiger partial charge in [0.05, 0.1) is 0 Å². The van der Waals surface area contributed by atoms with Crippen LogP contribution in [0.25, 0.3) is 0 Å². The van der Waals surface area contributed by atoms with Crippen LogP contribution in [0.2, 0.25) is 0 Å². The number of rotatable bonds is 7. The molecule has 0 fully saturated rings. The molecule has 1 heterocycles. The molecule has 0 saturated heterocycles. The van der Waals surface area contributed by atoms with E-state index in [4.69, 9.17) is 0 Å². The third-order valence-corrected chi connectivity index (χ3v) is 4.12. The summed E-state index contributed by atoms with van der Waals surface area (Å²) >= 11 is 1.92. The summed E-state index contributed by atoms with van der Waals surface area (Å²) < 4.78 is 0. The summed E-state index contributed by atoms with van der Waals surface area (Å²) in [5.74, 6) is 0. The van der Waals surface area contributed by atoms with Crippen molar-refractivity contribution >= 4 is 11.3 Å². The lowest BCUT2D eigenvalue weighted by atomic mass is 10.2. The predicted molar refractivity (Wildman–Crippen MR) is 72.9 cm³/mol. The largest absolute Gasteiger partial charge is 0.315 e. The van der Waals surface area contributed by atoms with Gasteiger partial charge in [-0.1, -0.05) is 13.8 Å². The highest BCUT2D eigenvalue weighted by Gasteiger charge is 2.11. The molecule has 0 aromatic carbocycles. The minimum absolute atomic E-state index is 0.680. The third-order valence-electron chi connectivity index (χ3n) is 3.05.